The summed E-state index contributed by atoms with van der Waals surface area (Å²) in [4.78, 5) is 32.2. The number of anilines is 1. The summed E-state index contributed by atoms with van der Waals surface area (Å²) in [6, 6.07) is 15.4. The van der Waals surface area contributed by atoms with Crippen LogP contribution in [0.1, 0.15) is 29.4 Å². The SMILES string of the molecule is Cc1ncc(-c2cccc(C(=O)O)c2)nc1C(=O)Nc1ccccc1.[HH].[HH]. The summed E-state index contributed by atoms with van der Waals surface area (Å²) in [7, 11) is 0. The lowest BCUT2D eigenvalue weighted by Gasteiger charge is -2.09. The first-order valence-electron chi connectivity index (χ1n) is 7.58. The van der Waals surface area contributed by atoms with Gasteiger partial charge in [0.1, 0.15) is 5.69 Å². The molecule has 25 heavy (non-hydrogen) atoms. The molecule has 6 heteroatoms. The Bertz CT molecular complexity index is 950. The van der Waals surface area contributed by atoms with Crippen LogP contribution in [0.4, 0.5) is 5.69 Å². The van der Waals surface area contributed by atoms with Crippen LogP contribution >= 0.6 is 0 Å². The number of hydrogen-bond acceptors (Lipinski definition) is 4. The normalized spacial score (nSPS) is 10.3. The Morgan fingerprint density at radius 2 is 1.84 bits per heavy atom. The minimum absolute atomic E-state index is 0. The molecule has 1 aromatic heterocycles. The van der Waals surface area contributed by atoms with E-state index in [9.17, 15) is 9.59 Å². The Balaban J connectivity index is 0.00000182. The van der Waals surface area contributed by atoms with E-state index >= 15 is 0 Å². The van der Waals surface area contributed by atoms with Gasteiger partial charge in [-0.25, -0.2) is 9.78 Å². The van der Waals surface area contributed by atoms with Gasteiger partial charge >= 0.3 is 5.97 Å². The maximum absolute atomic E-state index is 12.5. The quantitative estimate of drug-likeness (QED) is 0.753. The van der Waals surface area contributed by atoms with E-state index in [1.807, 2.05) is 18.2 Å². The zero-order chi connectivity index (χ0) is 17.8. The van der Waals surface area contributed by atoms with Crippen molar-refractivity contribution in [1.29, 1.82) is 0 Å². The second-order valence-electron chi connectivity index (χ2n) is 5.40. The second-order valence-corrected chi connectivity index (χ2v) is 5.40. The maximum Gasteiger partial charge on any atom is 0.335 e. The molecule has 0 saturated carbocycles. The Morgan fingerprint density at radius 3 is 2.56 bits per heavy atom. The highest BCUT2D eigenvalue weighted by Gasteiger charge is 2.15. The first kappa shape index (κ1) is 16.3. The predicted molar refractivity (Wildman–Crippen MR) is 97.8 cm³/mol. The molecule has 0 aliphatic heterocycles. The van der Waals surface area contributed by atoms with Gasteiger partial charge in [0, 0.05) is 14.1 Å². The Hall–Kier alpha value is -3.54. The highest BCUT2D eigenvalue weighted by Crippen LogP contribution is 2.19. The number of carbonyl (C=O) groups excluding carboxylic acids is 1. The fourth-order valence-electron chi connectivity index (χ4n) is 2.33. The number of aromatic carboxylic acids is 1. The molecular weight excluding hydrogens is 318 g/mol. The molecule has 0 radical (unpaired) electrons. The zero-order valence-electron chi connectivity index (χ0n) is 13.4. The molecule has 0 unspecified atom stereocenters. The van der Waals surface area contributed by atoms with Gasteiger partial charge in [-0.1, -0.05) is 30.3 Å². The lowest BCUT2D eigenvalue weighted by Crippen LogP contribution is -2.16. The first-order valence-corrected chi connectivity index (χ1v) is 7.58. The number of rotatable bonds is 4. The van der Waals surface area contributed by atoms with Crippen LogP contribution in [0.15, 0.2) is 60.8 Å². The second kappa shape index (κ2) is 6.92. The molecule has 0 atom stereocenters. The van der Waals surface area contributed by atoms with Crippen LogP contribution in [-0.2, 0) is 0 Å². The number of carbonyl (C=O) groups is 2. The summed E-state index contributed by atoms with van der Waals surface area (Å²) in [6.45, 7) is 1.70. The number of hydrogen-bond donors (Lipinski definition) is 2. The predicted octanol–water partition coefficient (Wildman–Crippen LogP) is 3.89. The topological polar surface area (TPSA) is 92.2 Å². The van der Waals surface area contributed by atoms with Crippen molar-refractivity contribution in [1.82, 2.24) is 9.97 Å². The summed E-state index contributed by atoms with van der Waals surface area (Å²) in [5.74, 6) is -1.39. The maximum atomic E-state index is 12.5. The monoisotopic (exact) mass is 337 g/mol. The molecule has 6 nitrogen and oxygen atoms in total. The van der Waals surface area contributed by atoms with Gasteiger partial charge < -0.3 is 10.4 Å². The molecule has 1 heterocycles. The fraction of sp³-hybridized carbons (Fsp3) is 0.0526. The van der Waals surface area contributed by atoms with E-state index in [-0.39, 0.29) is 20.0 Å². The minimum atomic E-state index is -1.02. The highest BCUT2D eigenvalue weighted by molar-refractivity contribution is 6.03. The van der Waals surface area contributed by atoms with Gasteiger partial charge in [0.05, 0.1) is 23.1 Å². The van der Waals surface area contributed by atoms with Crippen molar-refractivity contribution < 1.29 is 17.5 Å². The van der Waals surface area contributed by atoms with Gasteiger partial charge in [0.25, 0.3) is 5.91 Å². The number of benzene rings is 2. The van der Waals surface area contributed by atoms with Crippen LogP contribution in [0.5, 0.6) is 0 Å². The van der Waals surface area contributed by atoms with Crippen LogP contribution in [0, 0.1) is 6.92 Å². The first-order chi connectivity index (χ1) is 12.0. The molecule has 3 aromatic rings. The molecule has 1 amide bonds. The van der Waals surface area contributed by atoms with E-state index in [0.717, 1.165) is 0 Å². The van der Waals surface area contributed by atoms with E-state index < -0.39 is 5.97 Å². The van der Waals surface area contributed by atoms with Crippen molar-refractivity contribution in [2.45, 2.75) is 6.92 Å². The van der Waals surface area contributed by atoms with Crippen LogP contribution in [-0.4, -0.2) is 27.0 Å². The average Bonchev–Trinajstić information content (AvgIpc) is 2.63. The van der Waals surface area contributed by atoms with Gasteiger partial charge in [0.2, 0.25) is 0 Å². The van der Waals surface area contributed by atoms with Gasteiger partial charge in [-0.05, 0) is 31.2 Å². The number of aromatic nitrogens is 2. The van der Waals surface area contributed by atoms with Crippen molar-refractivity contribution in [3.63, 3.8) is 0 Å². The van der Waals surface area contributed by atoms with Crippen LogP contribution < -0.4 is 5.32 Å². The van der Waals surface area contributed by atoms with Crippen molar-refractivity contribution >= 4 is 17.6 Å². The average molecular weight is 337 g/mol. The number of amides is 1. The summed E-state index contributed by atoms with van der Waals surface area (Å²) in [6.07, 6.45) is 1.52. The molecule has 0 bridgehead atoms. The Labute approximate surface area is 147 Å². The van der Waals surface area contributed by atoms with E-state index in [1.54, 1.807) is 31.2 Å². The Morgan fingerprint density at radius 1 is 1.08 bits per heavy atom. The van der Waals surface area contributed by atoms with Crippen molar-refractivity contribution in [3.8, 4) is 11.3 Å². The molecule has 0 aliphatic rings. The van der Waals surface area contributed by atoms with E-state index in [0.29, 0.717) is 22.6 Å². The number of aryl methyl sites for hydroxylation is 1. The summed E-state index contributed by atoms with van der Waals surface area (Å²) >= 11 is 0. The third kappa shape index (κ3) is 3.69. The lowest BCUT2D eigenvalue weighted by atomic mass is 10.1. The van der Waals surface area contributed by atoms with Gasteiger partial charge in [0.15, 0.2) is 0 Å². The van der Waals surface area contributed by atoms with Crippen LogP contribution in [0.3, 0.4) is 0 Å². The highest BCUT2D eigenvalue weighted by atomic mass is 16.4. The number of nitrogens with zero attached hydrogens (tertiary/aromatic N) is 2. The van der Waals surface area contributed by atoms with Gasteiger partial charge in [-0.2, -0.15) is 0 Å². The number of carboxylic acid groups (broad SMARTS) is 1. The summed E-state index contributed by atoms with van der Waals surface area (Å²) in [5, 5.41) is 11.9. The van der Waals surface area contributed by atoms with Crippen molar-refractivity contribution in [2.75, 3.05) is 5.32 Å². The van der Waals surface area contributed by atoms with E-state index in [1.165, 1.54) is 18.3 Å². The minimum Gasteiger partial charge on any atom is -0.478 e. The van der Waals surface area contributed by atoms with Crippen molar-refractivity contribution in [3.05, 3.63) is 77.7 Å². The molecule has 0 saturated heterocycles. The molecule has 0 spiro atoms. The van der Waals surface area contributed by atoms with Crippen molar-refractivity contribution in [2.24, 2.45) is 0 Å². The largest absolute Gasteiger partial charge is 0.478 e. The third-order valence-electron chi connectivity index (χ3n) is 3.61. The van der Waals surface area contributed by atoms with Gasteiger partial charge in [-0.15, -0.1) is 0 Å². The lowest BCUT2D eigenvalue weighted by molar-refractivity contribution is 0.0696. The number of para-hydroxylation sites is 1. The molecule has 0 fully saturated rings. The van der Waals surface area contributed by atoms with Gasteiger partial charge in [-0.3, -0.25) is 9.78 Å². The standard InChI is InChI=1S/C19H15N3O3.2H2/c1-12-17(18(23)21-15-8-3-2-4-9-15)22-16(11-20-12)13-6-5-7-14(10-13)19(24)25;;/h2-11H,1H3,(H,21,23)(H,24,25);2*1H. The Kier molecular flexibility index (Phi) is 4.52. The smallest absolute Gasteiger partial charge is 0.335 e. The summed E-state index contributed by atoms with van der Waals surface area (Å²) in [5.41, 5.74) is 2.52. The zero-order valence-corrected chi connectivity index (χ0v) is 13.4. The van der Waals surface area contributed by atoms with Crippen LogP contribution in [0.25, 0.3) is 11.3 Å². The van der Waals surface area contributed by atoms with Crippen LogP contribution in [0.2, 0.25) is 0 Å². The van der Waals surface area contributed by atoms with E-state index in [2.05, 4.69) is 15.3 Å². The van der Waals surface area contributed by atoms with E-state index in [4.69, 9.17) is 5.11 Å². The molecular formula is C19H19N3O3. The number of carboxylic acids is 1. The third-order valence-corrected chi connectivity index (χ3v) is 3.61. The molecule has 0 aliphatic carbocycles. The molecule has 3 rings (SSSR count). The molecule has 128 valence electrons. The molecule has 2 aromatic carbocycles. The fourth-order valence-corrected chi connectivity index (χ4v) is 2.33. The molecule has 2 N–H and O–H groups in total. The number of nitrogens with one attached hydrogen (secondary N) is 1. The summed E-state index contributed by atoms with van der Waals surface area (Å²) < 4.78 is 0.